The van der Waals surface area contributed by atoms with Crippen molar-refractivity contribution in [3.8, 4) is 0 Å². The molecule has 0 bridgehead atoms. The molecule has 1 rings (SSSR count). The molecule has 1 amide bonds. The van der Waals surface area contributed by atoms with Crippen LogP contribution < -0.4 is 5.32 Å². The number of hydrogen-bond acceptors (Lipinski definition) is 5. The number of amides is 1. The van der Waals surface area contributed by atoms with Gasteiger partial charge >= 0.3 is 0 Å². The molecule has 1 fully saturated rings. The molecule has 1 aliphatic rings. The Bertz CT molecular complexity index is 350. The Morgan fingerprint density at radius 1 is 0.958 bits per heavy atom. The Kier molecular flexibility index (Phi) is 10.5. The van der Waals surface area contributed by atoms with E-state index < -0.39 is 30.5 Å². The van der Waals surface area contributed by atoms with Crippen LogP contribution in [0.2, 0.25) is 0 Å². The van der Waals surface area contributed by atoms with Crippen molar-refractivity contribution in [1.82, 2.24) is 5.32 Å². The summed E-state index contributed by atoms with van der Waals surface area (Å²) in [5.41, 5.74) is 0. The molecule has 0 aliphatic carbocycles. The quantitative estimate of drug-likeness (QED) is 0.425. The Labute approximate surface area is 145 Å². The van der Waals surface area contributed by atoms with Crippen LogP contribution in [0.5, 0.6) is 0 Å². The molecular weight excluding hydrogens is 310 g/mol. The third-order valence-electron chi connectivity index (χ3n) is 4.77. The van der Waals surface area contributed by atoms with Gasteiger partial charge in [-0.05, 0) is 12.8 Å². The molecule has 4 N–H and O–H groups in total. The Morgan fingerprint density at radius 3 is 2.17 bits per heavy atom. The standard InChI is InChI=1S/C18H35NO5/c1-3-5-6-7-8-9-10-11-15(21)19-16-13(4-2)24-14(12-20)17(22)18(16)23/h13-14,16-18,20,22-23H,3-12H2,1-2H3,(H,19,21)/t13-,14?,16?,17+,18?/m0/s1. The van der Waals surface area contributed by atoms with Crippen molar-refractivity contribution in [3.05, 3.63) is 0 Å². The second kappa shape index (κ2) is 11.8. The third kappa shape index (κ3) is 6.67. The molecular formula is C18H35NO5. The molecule has 24 heavy (non-hydrogen) atoms. The summed E-state index contributed by atoms with van der Waals surface area (Å²) in [5.74, 6) is -0.121. The fourth-order valence-electron chi connectivity index (χ4n) is 3.22. The van der Waals surface area contributed by atoms with Crippen LogP contribution in [0.25, 0.3) is 0 Å². The fraction of sp³-hybridized carbons (Fsp3) is 0.944. The average molecular weight is 345 g/mol. The fourth-order valence-corrected chi connectivity index (χ4v) is 3.22. The van der Waals surface area contributed by atoms with Crippen molar-refractivity contribution < 1.29 is 24.9 Å². The van der Waals surface area contributed by atoms with Gasteiger partial charge in [0, 0.05) is 6.42 Å². The molecule has 0 aromatic carbocycles. The van der Waals surface area contributed by atoms with Gasteiger partial charge in [-0.1, -0.05) is 52.4 Å². The maximum atomic E-state index is 12.1. The highest BCUT2D eigenvalue weighted by molar-refractivity contribution is 5.76. The molecule has 6 nitrogen and oxygen atoms in total. The molecule has 1 aliphatic heterocycles. The van der Waals surface area contributed by atoms with Gasteiger partial charge in [0.05, 0.1) is 18.8 Å². The summed E-state index contributed by atoms with van der Waals surface area (Å²) >= 11 is 0. The van der Waals surface area contributed by atoms with E-state index in [0.29, 0.717) is 12.8 Å². The van der Waals surface area contributed by atoms with Gasteiger partial charge in [0.15, 0.2) is 0 Å². The molecule has 6 heteroatoms. The first kappa shape index (κ1) is 21.4. The minimum atomic E-state index is -1.19. The molecule has 0 aromatic heterocycles. The number of unbranched alkanes of at least 4 members (excludes halogenated alkanes) is 6. The second-order valence-corrected chi connectivity index (χ2v) is 6.75. The maximum absolute atomic E-state index is 12.1. The predicted molar refractivity (Wildman–Crippen MR) is 92.6 cm³/mol. The van der Waals surface area contributed by atoms with E-state index in [1.807, 2.05) is 6.92 Å². The number of aliphatic hydroxyl groups excluding tert-OH is 3. The van der Waals surface area contributed by atoms with E-state index in [2.05, 4.69) is 12.2 Å². The van der Waals surface area contributed by atoms with Crippen LogP contribution in [0.1, 0.15) is 71.6 Å². The first-order chi connectivity index (χ1) is 11.5. The average Bonchev–Trinajstić information content (AvgIpc) is 2.58. The summed E-state index contributed by atoms with van der Waals surface area (Å²) in [6.45, 7) is 3.73. The Morgan fingerprint density at radius 2 is 1.58 bits per heavy atom. The summed E-state index contributed by atoms with van der Waals surface area (Å²) < 4.78 is 5.59. The van der Waals surface area contributed by atoms with Crippen molar-refractivity contribution in [2.45, 2.75) is 102 Å². The van der Waals surface area contributed by atoms with Crippen molar-refractivity contribution in [3.63, 3.8) is 0 Å². The molecule has 5 atom stereocenters. The third-order valence-corrected chi connectivity index (χ3v) is 4.77. The van der Waals surface area contributed by atoms with Crippen LogP contribution in [0.3, 0.4) is 0 Å². The van der Waals surface area contributed by atoms with Crippen LogP contribution in [-0.4, -0.2) is 58.3 Å². The molecule has 0 radical (unpaired) electrons. The van der Waals surface area contributed by atoms with Crippen molar-refractivity contribution >= 4 is 5.91 Å². The highest BCUT2D eigenvalue weighted by atomic mass is 16.5. The van der Waals surface area contributed by atoms with Gasteiger partial charge in [0.2, 0.25) is 5.91 Å². The van der Waals surface area contributed by atoms with E-state index in [1.54, 1.807) is 0 Å². The smallest absolute Gasteiger partial charge is 0.220 e. The summed E-state index contributed by atoms with van der Waals surface area (Å²) in [6.07, 6.45) is 5.49. The van der Waals surface area contributed by atoms with E-state index in [1.165, 1.54) is 25.7 Å². The predicted octanol–water partition coefficient (Wildman–Crippen LogP) is 1.50. The minimum Gasteiger partial charge on any atom is -0.394 e. The van der Waals surface area contributed by atoms with Gasteiger partial charge in [-0.3, -0.25) is 4.79 Å². The van der Waals surface area contributed by atoms with E-state index in [4.69, 9.17) is 4.74 Å². The van der Waals surface area contributed by atoms with E-state index in [9.17, 15) is 20.1 Å². The highest BCUT2D eigenvalue weighted by Crippen LogP contribution is 2.23. The van der Waals surface area contributed by atoms with Crippen molar-refractivity contribution in [2.75, 3.05) is 6.61 Å². The molecule has 0 saturated carbocycles. The normalized spacial score (nSPS) is 30.3. The number of ether oxygens (including phenoxy) is 1. The van der Waals surface area contributed by atoms with Crippen LogP contribution in [-0.2, 0) is 9.53 Å². The van der Waals surface area contributed by atoms with Gasteiger partial charge in [-0.2, -0.15) is 0 Å². The zero-order chi connectivity index (χ0) is 17.9. The van der Waals surface area contributed by atoms with Crippen molar-refractivity contribution in [1.29, 1.82) is 0 Å². The number of carbonyl (C=O) groups is 1. The van der Waals surface area contributed by atoms with Gasteiger partial charge in [0.25, 0.3) is 0 Å². The van der Waals surface area contributed by atoms with Crippen LogP contribution in [0.4, 0.5) is 0 Å². The number of carbonyl (C=O) groups excluding carboxylic acids is 1. The van der Waals surface area contributed by atoms with Gasteiger partial charge in [0.1, 0.15) is 18.3 Å². The van der Waals surface area contributed by atoms with Gasteiger partial charge in [-0.25, -0.2) is 0 Å². The van der Waals surface area contributed by atoms with Crippen LogP contribution in [0, 0.1) is 0 Å². The first-order valence-corrected chi connectivity index (χ1v) is 9.46. The topological polar surface area (TPSA) is 99.0 Å². The second-order valence-electron chi connectivity index (χ2n) is 6.75. The summed E-state index contributed by atoms with van der Waals surface area (Å²) in [4.78, 5) is 12.1. The van der Waals surface area contributed by atoms with E-state index >= 15 is 0 Å². The molecule has 3 unspecified atom stereocenters. The van der Waals surface area contributed by atoms with Gasteiger partial charge < -0.3 is 25.4 Å². The van der Waals surface area contributed by atoms with Crippen LogP contribution in [0.15, 0.2) is 0 Å². The molecule has 0 spiro atoms. The highest BCUT2D eigenvalue weighted by Gasteiger charge is 2.43. The summed E-state index contributed by atoms with van der Waals surface area (Å²) in [7, 11) is 0. The Balaban J connectivity index is 2.33. The zero-order valence-corrected chi connectivity index (χ0v) is 15.1. The SMILES string of the molecule is CCCCCCCCCC(=O)NC1C(O)[C@H](O)C(CO)O[C@H]1CC. The lowest BCUT2D eigenvalue weighted by molar-refractivity contribution is -0.195. The maximum Gasteiger partial charge on any atom is 0.220 e. The van der Waals surface area contributed by atoms with E-state index in [-0.39, 0.29) is 12.5 Å². The lowest BCUT2D eigenvalue weighted by Gasteiger charge is -2.42. The number of nitrogens with one attached hydrogen (secondary N) is 1. The van der Waals surface area contributed by atoms with E-state index in [0.717, 1.165) is 19.3 Å². The van der Waals surface area contributed by atoms with Crippen LogP contribution >= 0.6 is 0 Å². The molecule has 1 heterocycles. The molecule has 142 valence electrons. The lowest BCUT2D eigenvalue weighted by Crippen LogP contribution is -2.64. The molecule has 1 saturated heterocycles. The van der Waals surface area contributed by atoms with Gasteiger partial charge in [-0.15, -0.1) is 0 Å². The summed E-state index contributed by atoms with van der Waals surface area (Å²) in [6, 6.07) is -0.634. The summed E-state index contributed by atoms with van der Waals surface area (Å²) in [5, 5.41) is 32.2. The lowest BCUT2D eigenvalue weighted by atomic mass is 9.91. The number of hydrogen-bond donors (Lipinski definition) is 4. The monoisotopic (exact) mass is 345 g/mol. The molecule has 0 aromatic rings. The zero-order valence-electron chi connectivity index (χ0n) is 15.1. The number of rotatable bonds is 11. The first-order valence-electron chi connectivity index (χ1n) is 9.46. The minimum absolute atomic E-state index is 0.121. The van der Waals surface area contributed by atoms with Crippen molar-refractivity contribution in [2.24, 2.45) is 0 Å². The Hall–Kier alpha value is -0.690. The number of aliphatic hydroxyl groups is 3. The largest absolute Gasteiger partial charge is 0.394 e.